The first-order valence-electron chi connectivity index (χ1n) is 11.2. The van der Waals surface area contributed by atoms with Crippen molar-refractivity contribution in [2.75, 3.05) is 6.61 Å². The maximum atomic E-state index is 13.5. The van der Waals surface area contributed by atoms with Crippen LogP contribution in [0.4, 0.5) is 0 Å². The van der Waals surface area contributed by atoms with Gasteiger partial charge in [-0.1, -0.05) is 38.5 Å². The predicted molar refractivity (Wildman–Crippen MR) is 110 cm³/mol. The molecule has 1 heterocycles. The third-order valence-corrected chi connectivity index (χ3v) is 6.60. The zero-order valence-corrected chi connectivity index (χ0v) is 17.8. The van der Waals surface area contributed by atoms with Crippen LogP contribution in [-0.2, 0) is 16.1 Å². The average molecular weight is 389 g/mol. The van der Waals surface area contributed by atoms with E-state index in [4.69, 9.17) is 4.74 Å². The molecule has 0 saturated heterocycles. The number of carbonyl (C=O) groups excluding carboxylic acids is 2. The molecule has 1 amide bonds. The topological polar surface area (TPSA) is 62.4 Å². The fourth-order valence-corrected chi connectivity index (χ4v) is 5.02. The Morgan fingerprint density at radius 3 is 2.21 bits per heavy atom. The van der Waals surface area contributed by atoms with E-state index in [9.17, 15) is 9.59 Å². The molecule has 2 fully saturated rings. The molecule has 0 unspecified atom stereocenters. The van der Waals surface area contributed by atoms with Gasteiger partial charge in [-0.05, 0) is 52.0 Å². The Kier molecular flexibility index (Phi) is 7.19. The highest BCUT2D eigenvalue weighted by atomic mass is 16.5. The first-order chi connectivity index (χ1) is 13.5. The molecule has 1 aromatic rings. The fraction of sp³-hybridized carbons (Fsp3) is 0.739. The smallest absolute Gasteiger partial charge is 0.340 e. The van der Waals surface area contributed by atoms with Crippen LogP contribution in [0.5, 0.6) is 0 Å². The van der Waals surface area contributed by atoms with E-state index >= 15 is 0 Å². The molecule has 0 spiro atoms. The first-order valence-corrected chi connectivity index (χ1v) is 11.2. The van der Waals surface area contributed by atoms with E-state index in [0.717, 1.165) is 42.6 Å². The number of hydrogen-bond acceptors (Lipinski definition) is 3. The molecule has 0 aromatic carbocycles. The van der Waals surface area contributed by atoms with Gasteiger partial charge in [-0.3, -0.25) is 4.79 Å². The van der Waals surface area contributed by atoms with Gasteiger partial charge in [0.15, 0.2) is 0 Å². The van der Waals surface area contributed by atoms with Crippen molar-refractivity contribution < 1.29 is 14.3 Å². The number of H-pyrrole nitrogens is 1. The van der Waals surface area contributed by atoms with Gasteiger partial charge in [0.1, 0.15) is 0 Å². The molecule has 0 radical (unpaired) electrons. The number of nitrogens with zero attached hydrogens (tertiary/aromatic N) is 1. The SMILES string of the molecule is CCOC(=O)c1c(C)[nH]c(CN(C(=O)C2CCCCC2)C2CCCCC2)c1C. The van der Waals surface area contributed by atoms with E-state index < -0.39 is 0 Å². The van der Waals surface area contributed by atoms with Gasteiger partial charge in [0.2, 0.25) is 5.91 Å². The number of nitrogens with one attached hydrogen (secondary N) is 1. The first kappa shape index (κ1) is 20.9. The van der Waals surface area contributed by atoms with Crippen molar-refractivity contribution in [1.82, 2.24) is 9.88 Å². The predicted octanol–water partition coefficient (Wildman–Crippen LogP) is 5.05. The van der Waals surface area contributed by atoms with E-state index in [-0.39, 0.29) is 11.9 Å². The van der Waals surface area contributed by atoms with Crippen LogP contribution in [0.2, 0.25) is 0 Å². The molecule has 2 aliphatic carbocycles. The van der Waals surface area contributed by atoms with Gasteiger partial charge in [-0.25, -0.2) is 4.79 Å². The van der Waals surface area contributed by atoms with Crippen LogP contribution in [-0.4, -0.2) is 34.4 Å². The van der Waals surface area contributed by atoms with Crippen molar-refractivity contribution in [1.29, 1.82) is 0 Å². The minimum Gasteiger partial charge on any atom is -0.462 e. The summed E-state index contributed by atoms with van der Waals surface area (Å²) in [5, 5.41) is 0. The zero-order chi connectivity index (χ0) is 20.1. The second kappa shape index (κ2) is 9.62. The van der Waals surface area contributed by atoms with Crippen LogP contribution in [0.25, 0.3) is 0 Å². The highest BCUT2D eigenvalue weighted by molar-refractivity contribution is 5.93. The number of aromatic amines is 1. The Bertz CT molecular complexity index is 682. The molecule has 0 atom stereocenters. The Morgan fingerprint density at radius 1 is 1.00 bits per heavy atom. The van der Waals surface area contributed by atoms with Crippen molar-refractivity contribution in [2.24, 2.45) is 5.92 Å². The van der Waals surface area contributed by atoms with Gasteiger partial charge in [0.05, 0.1) is 18.7 Å². The second-order valence-corrected chi connectivity index (χ2v) is 8.54. The minimum atomic E-state index is -0.275. The van der Waals surface area contributed by atoms with Crippen LogP contribution in [0.15, 0.2) is 0 Å². The van der Waals surface area contributed by atoms with Crippen molar-refractivity contribution in [3.05, 3.63) is 22.5 Å². The number of hydrogen-bond donors (Lipinski definition) is 1. The number of amides is 1. The van der Waals surface area contributed by atoms with Crippen molar-refractivity contribution >= 4 is 11.9 Å². The average Bonchev–Trinajstić information content (AvgIpc) is 3.00. The van der Waals surface area contributed by atoms with Crippen molar-refractivity contribution in [3.63, 3.8) is 0 Å². The van der Waals surface area contributed by atoms with Crippen LogP contribution >= 0.6 is 0 Å². The van der Waals surface area contributed by atoms with Gasteiger partial charge in [0.25, 0.3) is 0 Å². The normalized spacial score (nSPS) is 18.8. The molecule has 1 aromatic heterocycles. The highest BCUT2D eigenvalue weighted by Gasteiger charge is 2.32. The highest BCUT2D eigenvalue weighted by Crippen LogP contribution is 2.31. The summed E-state index contributed by atoms with van der Waals surface area (Å²) in [4.78, 5) is 31.3. The van der Waals surface area contributed by atoms with E-state index in [0.29, 0.717) is 30.7 Å². The summed E-state index contributed by atoms with van der Waals surface area (Å²) < 4.78 is 5.23. The fourth-order valence-electron chi connectivity index (χ4n) is 5.02. The number of rotatable bonds is 6. The number of aryl methyl sites for hydroxylation is 1. The van der Waals surface area contributed by atoms with Crippen LogP contribution in [0.3, 0.4) is 0 Å². The summed E-state index contributed by atoms with van der Waals surface area (Å²) in [7, 11) is 0. The van der Waals surface area contributed by atoms with Crippen LogP contribution in [0, 0.1) is 19.8 Å². The summed E-state index contributed by atoms with van der Waals surface area (Å²) in [5.74, 6) is 0.232. The molecular weight excluding hydrogens is 352 g/mol. The number of aromatic nitrogens is 1. The van der Waals surface area contributed by atoms with E-state index in [1.165, 1.54) is 38.5 Å². The van der Waals surface area contributed by atoms with Gasteiger partial charge in [-0.15, -0.1) is 0 Å². The molecule has 156 valence electrons. The summed E-state index contributed by atoms with van der Waals surface area (Å²) >= 11 is 0. The summed E-state index contributed by atoms with van der Waals surface area (Å²) in [6.45, 7) is 6.65. The Morgan fingerprint density at radius 2 is 1.61 bits per heavy atom. The molecule has 5 nitrogen and oxygen atoms in total. The lowest BCUT2D eigenvalue weighted by Gasteiger charge is -2.37. The Balaban J connectivity index is 1.83. The third-order valence-electron chi connectivity index (χ3n) is 6.60. The minimum absolute atomic E-state index is 0.177. The standard InChI is InChI=1S/C23H36N2O3/c1-4-28-23(27)21-16(2)20(24-17(21)3)15-25(19-13-9-6-10-14-19)22(26)18-11-7-5-8-12-18/h18-19,24H,4-15H2,1-3H3. The van der Waals surface area contributed by atoms with E-state index in [2.05, 4.69) is 9.88 Å². The molecule has 1 N–H and O–H groups in total. The lowest BCUT2D eigenvalue weighted by Crippen LogP contribution is -2.44. The number of ether oxygens (including phenoxy) is 1. The van der Waals surface area contributed by atoms with Gasteiger partial charge < -0.3 is 14.6 Å². The molecular formula is C23H36N2O3. The summed E-state index contributed by atoms with van der Waals surface area (Å²) in [5.41, 5.74) is 3.37. The lowest BCUT2D eigenvalue weighted by atomic mass is 9.86. The Hall–Kier alpha value is -1.78. The monoisotopic (exact) mass is 388 g/mol. The van der Waals surface area contributed by atoms with Crippen molar-refractivity contribution in [2.45, 2.75) is 97.6 Å². The summed E-state index contributed by atoms with van der Waals surface area (Å²) in [6.07, 6.45) is 11.5. The maximum Gasteiger partial charge on any atom is 0.340 e. The van der Waals surface area contributed by atoms with Crippen molar-refractivity contribution in [3.8, 4) is 0 Å². The van der Waals surface area contributed by atoms with E-state index in [1.54, 1.807) is 0 Å². The molecule has 0 aliphatic heterocycles. The number of esters is 1. The molecule has 2 saturated carbocycles. The van der Waals surface area contributed by atoms with Crippen LogP contribution < -0.4 is 0 Å². The van der Waals surface area contributed by atoms with E-state index in [1.807, 2.05) is 20.8 Å². The Labute approximate surface area is 169 Å². The maximum absolute atomic E-state index is 13.5. The van der Waals surface area contributed by atoms with Crippen LogP contribution in [0.1, 0.15) is 98.4 Å². The molecule has 0 bridgehead atoms. The zero-order valence-electron chi connectivity index (χ0n) is 17.8. The second-order valence-electron chi connectivity index (χ2n) is 8.54. The molecule has 3 rings (SSSR count). The lowest BCUT2D eigenvalue weighted by molar-refractivity contribution is -0.140. The molecule has 28 heavy (non-hydrogen) atoms. The number of carbonyl (C=O) groups is 2. The van der Waals surface area contributed by atoms with Gasteiger partial charge in [-0.2, -0.15) is 0 Å². The van der Waals surface area contributed by atoms with Gasteiger partial charge >= 0.3 is 5.97 Å². The van der Waals surface area contributed by atoms with Gasteiger partial charge in [0, 0.05) is 23.3 Å². The quantitative estimate of drug-likeness (QED) is 0.694. The molecule has 5 heteroatoms. The largest absolute Gasteiger partial charge is 0.462 e. The summed E-state index contributed by atoms with van der Waals surface area (Å²) in [6, 6.07) is 0.331. The third kappa shape index (κ3) is 4.61. The molecule has 2 aliphatic rings.